The number of nitrogens with zero attached hydrogens (tertiary/aromatic N) is 1. The first-order chi connectivity index (χ1) is 10.6. The molecule has 0 amide bonds. The Bertz CT molecular complexity index is 530. The fourth-order valence-corrected chi connectivity index (χ4v) is 3.88. The molecule has 0 unspecified atom stereocenters. The molecule has 120 valence electrons. The van der Waals surface area contributed by atoms with Crippen LogP contribution in [0.25, 0.3) is 0 Å². The van der Waals surface area contributed by atoms with Gasteiger partial charge in [0.05, 0.1) is 12.5 Å². The van der Waals surface area contributed by atoms with E-state index >= 15 is 0 Å². The van der Waals surface area contributed by atoms with E-state index in [1.807, 2.05) is 24.3 Å². The summed E-state index contributed by atoms with van der Waals surface area (Å²) < 4.78 is 10.8. The van der Waals surface area contributed by atoms with E-state index in [2.05, 4.69) is 4.90 Å². The second-order valence-electron chi connectivity index (χ2n) is 6.31. The lowest BCUT2D eigenvalue weighted by Crippen LogP contribution is -2.36. The van der Waals surface area contributed by atoms with Crippen LogP contribution in [0.3, 0.4) is 0 Å². The normalized spacial score (nSPS) is 27.6. The van der Waals surface area contributed by atoms with Gasteiger partial charge in [-0.2, -0.15) is 0 Å². The summed E-state index contributed by atoms with van der Waals surface area (Å²) in [4.78, 5) is 13.9. The summed E-state index contributed by atoms with van der Waals surface area (Å²) in [6.07, 6.45) is 2.91. The highest BCUT2D eigenvalue weighted by molar-refractivity contribution is 5.76. The topological polar surface area (TPSA) is 59.0 Å². The Morgan fingerprint density at radius 2 is 2.09 bits per heavy atom. The third-order valence-electron chi connectivity index (χ3n) is 5.10. The summed E-state index contributed by atoms with van der Waals surface area (Å²) in [5.74, 6) is 1.32. The zero-order valence-electron chi connectivity index (χ0n) is 13.0. The molecule has 0 aromatic heterocycles. The Hall–Kier alpha value is -1.75. The van der Waals surface area contributed by atoms with E-state index in [1.165, 1.54) is 0 Å². The van der Waals surface area contributed by atoms with E-state index in [-0.39, 0.29) is 0 Å². The Kier molecular flexibility index (Phi) is 4.25. The number of carbonyl (C=O) groups is 1. The Balaban J connectivity index is 1.49. The van der Waals surface area contributed by atoms with Crippen LogP contribution in [0.5, 0.6) is 11.5 Å². The van der Waals surface area contributed by atoms with Gasteiger partial charge in [-0.05, 0) is 43.0 Å². The maximum atomic E-state index is 11.6. The molecule has 1 heterocycles. The number of methoxy groups -OCH3 is 1. The molecule has 1 aromatic carbocycles. The number of hydrogen-bond acceptors (Lipinski definition) is 4. The highest BCUT2D eigenvalue weighted by Gasteiger charge is 2.54. The van der Waals surface area contributed by atoms with E-state index in [0.717, 1.165) is 43.9 Å². The van der Waals surface area contributed by atoms with Gasteiger partial charge in [-0.15, -0.1) is 0 Å². The highest BCUT2D eigenvalue weighted by Crippen LogP contribution is 2.48. The molecule has 1 saturated heterocycles. The maximum absolute atomic E-state index is 11.6. The van der Waals surface area contributed by atoms with Crippen molar-refractivity contribution >= 4 is 5.97 Å². The maximum Gasteiger partial charge on any atom is 0.311 e. The van der Waals surface area contributed by atoms with Crippen LogP contribution in [0.15, 0.2) is 24.3 Å². The molecule has 22 heavy (non-hydrogen) atoms. The molecule has 1 aliphatic heterocycles. The van der Waals surface area contributed by atoms with Crippen molar-refractivity contribution < 1.29 is 19.4 Å². The molecule has 0 spiro atoms. The van der Waals surface area contributed by atoms with Crippen molar-refractivity contribution in [1.29, 1.82) is 0 Å². The molecule has 2 fully saturated rings. The largest absolute Gasteiger partial charge is 0.497 e. The van der Waals surface area contributed by atoms with E-state index in [4.69, 9.17) is 9.47 Å². The summed E-state index contributed by atoms with van der Waals surface area (Å²) in [6, 6.07) is 7.51. The summed E-state index contributed by atoms with van der Waals surface area (Å²) in [7, 11) is 1.64. The molecule has 2 aliphatic rings. The number of benzene rings is 1. The first-order valence-electron chi connectivity index (χ1n) is 7.87. The van der Waals surface area contributed by atoms with Crippen molar-refractivity contribution in [3.05, 3.63) is 24.3 Å². The van der Waals surface area contributed by atoms with Crippen LogP contribution in [0, 0.1) is 11.3 Å². The van der Waals surface area contributed by atoms with Gasteiger partial charge >= 0.3 is 5.97 Å². The number of carboxylic acid groups (broad SMARTS) is 1. The van der Waals surface area contributed by atoms with Gasteiger partial charge < -0.3 is 14.6 Å². The SMILES string of the molecule is COc1ccc(OCCN2C[C@@H]3CCC[C@@]3(C(=O)O)C2)cc1. The number of aliphatic carboxylic acids is 1. The van der Waals surface area contributed by atoms with Gasteiger partial charge in [0.15, 0.2) is 0 Å². The van der Waals surface area contributed by atoms with Crippen molar-refractivity contribution in [3.63, 3.8) is 0 Å². The predicted molar refractivity (Wildman–Crippen MR) is 82.3 cm³/mol. The first kappa shape index (κ1) is 15.2. The average Bonchev–Trinajstić information content (AvgIpc) is 3.06. The van der Waals surface area contributed by atoms with E-state index < -0.39 is 11.4 Å². The summed E-state index contributed by atoms with van der Waals surface area (Å²) in [5.41, 5.74) is -0.500. The second-order valence-corrected chi connectivity index (χ2v) is 6.31. The third-order valence-corrected chi connectivity index (χ3v) is 5.10. The van der Waals surface area contributed by atoms with Crippen LogP contribution >= 0.6 is 0 Å². The molecule has 1 saturated carbocycles. The number of carboxylic acids is 1. The number of likely N-dealkylation sites (tertiary alicyclic amines) is 1. The Morgan fingerprint density at radius 1 is 1.36 bits per heavy atom. The number of hydrogen-bond donors (Lipinski definition) is 1. The Morgan fingerprint density at radius 3 is 2.73 bits per heavy atom. The van der Waals surface area contributed by atoms with Gasteiger partial charge in [-0.25, -0.2) is 0 Å². The number of fused-ring (bicyclic) bond motifs is 1. The predicted octanol–water partition coefficient (Wildman–Crippen LogP) is 2.26. The molecule has 1 aromatic rings. The molecule has 0 radical (unpaired) electrons. The van der Waals surface area contributed by atoms with Crippen molar-refractivity contribution in [2.24, 2.45) is 11.3 Å². The standard InChI is InChI=1S/C17H23NO4/c1-21-14-4-6-15(7-5-14)22-10-9-18-11-13-3-2-8-17(13,12-18)16(19)20/h4-7,13H,2-3,8-12H2,1H3,(H,19,20)/t13-,17+/m0/s1. The van der Waals surface area contributed by atoms with Gasteiger partial charge in [0.2, 0.25) is 0 Å². The number of rotatable bonds is 6. The third kappa shape index (κ3) is 2.77. The second kappa shape index (κ2) is 6.16. The molecular formula is C17H23NO4. The molecule has 1 aliphatic carbocycles. The lowest BCUT2D eigenvalue weighted by molar-refractivity contribution is -0.149. The van der Waals surface area contributed by atoms with Gasteiger partial charge in [0, 0.05) is 19.6 Å². The van der Waals surface area contributed by atoms with Crippen molar-refractivity contribution in [3.8, 4) is 11.5 Å². The minimum absolute atomic E-state index is 0.311. The monoisotopic (exact) mass is 305 g/mol. The Labute approximate surface area is 130 Å². The van der Waals surface area contributed by atoms with Gasteiger partial charge in [-0.3, -0.25) is 9.69 Å². The smallest absolute Gasteiger partial charge is 0.311 e. The molecule has 0 bridgehead atoms. The van der Waals surface area contributed by atoms with Crippen molar-refractivity contribution in [2.45, 2.75) is 19.3 Å². The average molecular weight is 305 g/mol. The molecular weight excluding hydrogens is 282 g/mol. The van der Waals surface area contributed by atoms with Crippen LogP contribution in [-0.2, 0) is 4.79 Å². The van der Waals surface area contributed by atoms with Crippen LogP contribution < -0.4 is 9.47 Å². The fraction of sp³-hybridized carbons (Fsp3) is 0.588. The van der Waals surface area contributed by atoms with E-state index in [0.29, 0.717) is 19.1 Å². The van der Waals surface area contributed by atoms with E-state index in [9.17, 15) is 9.90 Å². The van der Waals surface area contributed by atoms with Crippen LogP contribution in [0.2, 0.25) is 0 Å². The van der Waals surface area contributed by atoms with Crippen molar-refractivity contribution in [1.82, 2.24) is 4.90 Å². The van der Waals surface area contributed by atoms with E-state index in [1.54, 1.807) is 7.11 Å². The molecule has 5 heteroatoms. The summed E-state index contributed by atoms with van der Waals surface area (Å²) in [5, 5.41) is 9.57. The summed E-state index contributed by atoms with van der Waals surface area (Å²) >= 11 is 0. The highest BCUT2D eigenvalue weighted by atomic mass is 16.5. The first-order valence-corrected chi connectivity index (χ1v) is 7.87. The van der Waals surface area contributed by atoms with Crippen LogP contribution in [-0.4, -0.2) is 49.3 Å². The minimum atomic E-state index is -0.617. The van der Waals surface area contributed by atoms with Crippen LogP contribution in [0.4, 0.5) is 0 Å². The number of ether oxygens (including phenoxy) is 2. The lowest BCUT2D eigenvalue weighted by atomic mass is 9.81. The molecule has 2 atom stereocenters. The quantitative estimate of drug-likeness (QED) is 0.873. The van der Waals surface area contributed by atoms with Crippen molar-refractivity contribution in [2.75, 3.05) is 33.4 Å². The van der Waals surface area contributed by atoms with Gasteiger partial charge in [-0.1, -0.05) is 6.42 Å². The fourth-order valence-electron chi connectivity index (χ4n) is 3.88. The van der Waals surface area contributed by atoms with Gasteiger partial charge in [0.1, 0.15) is 18.1 Å². The lowest BCUT2D eigenvalue weighted by Gasteiger charge is -2.23. The van der Waals surface area contributed by atoms with Gasteiger partial charge in [0.25, 0.3) is 0 Å². The zero-order valence-corrected chi connectivity index (χ0v) is 13.0. The zero-order chi connectivity index (χ0) is 15.6. The minimum Gasteiger partial charge on any atom is -0.497 e. The molecule has 3 rings (SSSR count). The van der Waals surface area contributed by atoms with Crippen LogP contribution in [0.1, 0.15) is 19.3 Å². The molecule has 5 nitrogen and oxygen atoms in total. The molecule has 1 N–H and O–H groups in total. The summed E-state index contributed by atoms with van der Waals surface area (Å²) in [6.45, 7) is 2.91.